The number of rotatable bonds is 5. The van der Waals surface area contributed by atoms with Gasteiger partial charge in [0.25, 0.3) is 0 Å². The Morgan fingerprint density at radius 2 is 1.61 bits per heavy atom. The molecular weight excluding hydrogens is 400 g/mol. The molecule has 7 heteroatoms. The molecule has 2 aliphatic rings. The highest BCUT2D eigenvalue weighted by Crippen LogP contribution is 2.23. The summed E-state index contributed by atoms with van der Waals surface area (Å²) < 4.78 is 32.0. The van der Waals surface area contributed by atoms with Crippen LogP contribution in [-0.2, 0) is 11.2 Å². The molecule has 2 fully saturated rings. The molecule has 4 rings (SSSR count). The lowest BCUT2D eigenvalue weighted by molar-refractivity contribution is -0.0329. The number of likely N-dealkylation sites (tertiary alicyclic amines) is 1. The lowest BCUT2D eigenvalue weighted by atomic mass is 9.90. The van der Waals surface area contributed by atoms with Crippen molar-refractivity contribution in [3.8, 4) is 0 Å². The quantitative estimate of drug-likeness (QED) is 0.777. The Hall–Kier alpha value is -2.51. The van der Waals surface area contributed by atoms with Crippen LogP contribution in [0.4, 0.5) is 19.3 Å². The van der Waals surface area contributed by atoms with E-state index >= 15 is 0 Å². The van der Waals surface area contributed by atoms with Crippen LogP contribution in [0.25, 0.3) is 0 Å². The first-order chi connectivity index (χ1) is 15.0. The fourth-order valence-corrected chi connectivity index (χ4v) is 4.36. The second-order valence-corrected chi connectivity index (χ2v) is 8.45. The van der Waals surface area contributed by atoms with Crippen molar-refractivity contribution in [2.45, 2.75) is 25.4 Å². The number of halogens is 2. The summed E-state index contributed by atoms with van der Waals surface area (Å²) in [6, 6.07) is 12.4. The highest BCUT2D eigenvalue weighted by atomic mass is 19.1. The maximum atomic E-state index is 13.1. The van der Waals surface area contributed by atoms with E-state index in [-0.39, 0.29) is 23.8 Å². The summed E-state index contributed by atoms with van der Waals surface area (Å²) >= 11 is 0. The topological polar surface area (TPSA) is 44.8 Å². The van der Waals surface area contributed by atoms with Crippen LogP contribution in [0, 0.1) is 17.6 Å². The maximum absolute atomic E-state index is 13.1. The second kappa shape index (κ2) is 10.2. The van der Waals surface area contributed by atoms with Crippen molar-refractivity contribution >= 4 is 11.7 Å². The number of hydrogen-bond donors (Lipinski definition) is 1. The van der Waals surface area contributed by atoms with Gasteiger partial charge in [0.05, 0.1) is 12.7 Å². The summed E-state index contributed by atoms with van der Waals surface area (Å²) in [6.45, 7) is 4.43. The second-order valence-electron chi connectivity index (χ2n) is 8.45. The van der Waals surface area contributed by atoms with Gasteiger partial charge in [-0.1, -0.05) is 12.1 Å². The Bertz CT molecular complexity index is 852. The molecule has 2 aliphatic heterocycles. The van der Waals surface area contributed by atoms with E-state index in [2.05, 4.69) is 10.2 Å². The average molecular weight is 430 g/mol. The predicted molar refractivity (Wildman–Crippen MR) is 116 cm³/mol. The fourth-order valence-electron chi connectivity index (χ4n) is 4.36. The zero-order chi connectivity index (χ0) is 21.6. The van der Waals surface area contributed by atoms with Crippen molar-refractivity contribution in [3.63, 3.8) is 0 Å². The summed E-state index contributed by atoms with van der Waals surface area (Å²) in [4.78, 5) is 16.7. The first-order valence-corrected chi connectivity index (χ1v) is 10.9. The van der Waals surface area contributed by atoms with E-state index in [4.69, 9.17) is 4.74 Å². The van der Waals surface area contributed by atoms with Gasteiger partial charge in [-0.05, 0) is 80.2 Å². The van der Waals surface area contributed by atoms with Crippen LogP contribution >= 0.6 is 0 Å². The average Bonchev–Trinajstić information content (AvgIpc) is 2.78. The van der Waals surface area contributed by atoms with E-state index < -0.39 is 0 Å². The molecule has 0 aliphatic carbocycles. The third-order valence-electron chi connectivity index (χ3n) is 6.13. The molecule has 31 heavy (non-hydrogen) atoms. The SMILES string of the molecule is O=C(Nc1ccc(F)cc1)N1CCOC(CN2CCC(Cc3ccc(F)cc3)CC2)C1. The standard InChI is InChI=1S/C24H29F2N3O2/c25-20-3-1-18(2-4-20)15-19-9-11-28(12-10-19)16-23-17-29(13-14-31-23)24(30)27-22-7-5-21(26)6-8-22/h1-8,19,23H,9-17H2,(H,27,30). The number of ether oxygens (including phenoxy) is 1. The van der Waals surface area contributed by atoms with E-state index in [1.165, 1.54) is 29.8 Å². The summed E-state index contributed by atoms with van der Waals surface area (Å²) in [5.41, 5.74) is 1.77. The van der Waals surface area contributed by atoms with Gasteiger partial charge in [0.15, 0.2) is 0 Å². The molecule has 2 saturated heterocycles. The van der Waals surface area contributed by atoms with Crippen molar-refractivity contribution in [1.29, 1.82) is 0 Å². The molecule has 166 valence electrons. The number of benzene rings is 2. The lowest BCUT2D eigenvalue weighted by Gasteiger charge is -2.38. The van der Waals surface area contributed by atoms with E-state index in [0.29, 0.717) is 31.3 Å². The van der Waals surface area contributed by atoms with Gasteiger partial charge in [-0.3, -0.25) is 0 Å². The molecule has 1 unspecified atom stereocenters. The van der Waals surface area contributed by atoms with Crippen molar-refractivity contribution in [2.24, 2.45) is 5.92 Å². The smallest absolute Gasteiger partial charge is 0.322 e. The van der Waals surface area contributed by atoms with Gasteiger partial charge < -0.3 is 19.9 Å². The normalized spacial score (nSPS) is 20.6. The van der Waals surface area contributed by atoms with E-state index in [9.17, 15) is 13.6 Å². The summed E-state index contributed by atoms with van der Waals surface area (Å²) in [5, 5.41) is 2.82. The van der Waals surface area contributed by atoms with E-state index in [1.54, 1.807) is 17.0 Å². The predicted octanol–water partition coefficient (Wildman–Crippen LogP) is 4.15. The third kappa shape index (κ3) is 6.24. The number of nitrogens with one attached hydrogen (secondary N) is 1. The Morgan fingerprint density at radius 1 is 0.968 bits per heavy atom. The molecule has 0 radical (unpaired) electrons. The van der Waals surface area contributed by atoms with Gasteiger partial charge in [-0.15, -0.1) is 0 Å². The zero-order valence-electron chi connectivity index (χ0n) is 17.6. The van der Waals surface area contributed by atoms with Crippen LogP contribution in [0.15, 0.2) is 48.5 Å². The van der Waals surface area contributed by atoms with Crippen LogP contribution in [0.2, 0.25) is 0 Å². The van der Waals surface area contributed by atoms with Gasteiger partial charge in [0, 0.05) is 25.3 Å². The van der Waals surface area contributed by atoms with Crippen LogP contribution < -0.4 is 5.32 Å². The van der Waals surface area contributed by atoms with Gasteiger partial charge >= 0.3 is 6.03 Å². The Labute approximate surface area is 182 Å². The molecule has 0 saturated carbocycles. The molecule has 2 amide bonds. The number of carbonyl (C=O) groups is 1. The highest BCUT2D eigenvalue weighted by molar-refractivity contribution is 5.89. The number of amides is 2. The van der Waals surface area contributed by atoms with E-state index in [0.717, 1.165) is 38.9 Å². The van der Waals surface area contributed by atoms with Crippen molar-refractivity contribution < 1.29 is 18.3 Å². The minimum Gasteiger partial charge on any atom is -0.373 e. The monoisotopic (exact) mass is 429 g/mol. The summed E-state index contributed by atoms with van der Waals surface area (Å²) in [6.07, 6.45) is 3.20. The number of nitrogens with zero attached hydrogens (tertiary/aromatic N) is 2. The summed E-state index contributed by atoms with van der Waals surface area (Å²) in [7, 11) is 0. The molecule has 0 spiro atoms. The molecule has 0 aromatic heterocycles. The molecule has 1 atom stereocenters. The molecule has 0 bridgehead atoms. The molecule has 2 aromatic rings. The zero-order valence-corrected chi connectivity index (χ0v) is 17.6. The van der Waals surface area contributed by atoms with Gasteiger partial charge in [-0.2, -0.15) is 0 Å². The Balaban J connectivity index is 1.21. The molecular formula is C24H29F2N3O2. The van der Waals surface area contributed by atoms with Crippen LogP contribution in [0.1, 0.15) is 18.4 Å². The lowest BCUT2D eigenvalue weighted by Crippen LogP contribution is -2.51. The Kier molecular flexibility index (Phi) is 7.14. The molecule has 2 aromatic carbocycles. The highest BCUT2D eigenvalue weighted by Gasteiger charge is 2.28. The van der Waals surface area contributed by atoms with Crippen molar-refractivity contribution in [3.05, 3.63) is 65.7 Å². The van der Waals surface area contributed by atoms with Crippen molar-refractivity contribution in [2.75, 3.05) is 44.6 Å². The van der Waals surface area contributed by atoms with Crippen molar-refractivity contribution in [1.82, 2.24) is 9.80 Å². The van der Waals surface area contributed by atoms with Gasteiger partial charge in [0.2, 0.25) is 0 Å². The fraction of sp³-hybridized carbons (Fsp3) is 0.458. The molecule has 5 nitrogen and oxygen atoms in total. The van der Waals surface area contributed by atoms with Gasteiger partial charge in [0.1, 0.15) is 11.6 Å². The number of piperidine rings is 1. The largest absolute Gasteiger partial charge is 0.373 e. The minimum absolute atomic E-state index is 0.0126. The summed E-state index contributed by atoms with van der Waals surface area (Å²) in [5.74, 6) is 0.101. The number of carbonyl (C=O) groups excluding carboxylic acids is 1. The molecule has 2 heterocycles. The van der Waals surface area contributed by atoms with Crippen LogP contribution in [-0.4, -0.2) is 61.3 Å². The van der Waals surface area contributed by atoms with Gasteiger partial charge in [-0.25, -0.2) is 13.6 Å². The maximum Gasteiger partial charge on any atom is 0.322 e. The molecule has 1 N–H and O–H groups in total. The first-order valence-electron chi connectivity index (χ1n) is 10.9. The number of anilines is 1. The van der Waals surface area contributed by atoms with Crippen LogP contribution in [0.5, 0.6) is 0 Å². The first kappa shape index (κ1) is 21.7. The minimum atomic E-state index is -0.328. The number of morpholine rings is 1. The van der Waals surface area contributed by atoms with Crippen LogP contribution in [0.3, 0.4) is 0 Å². The number of hydrogen-bond acceptors (Lipinski definition) is 3. The Morgan fingerprint density at radius 3 is 2.29 bits per heavy atom. The number of urea groups is 1. The van der Waals surface area contributed by atoms with E-state index in [1.807, 2.05) is 12.1 Å². The third-order valence-corrected chi connectivity index (χ3v) is 6.13.